The quantitative estimate of drug-likeness (QED) is 0.595. The van der Waals surface area contributed by atoms with E-state index in [0.717, 1.165) is 11.1 Å². The van der Waals surface area contributed by atoms with Crippen LogP contribution in [0.25, 0.3) is 11.1 Å². The first kappa shape index (κ1) is 21.3. The molecule has 1 N–H and O–H groups in total. The van der Waals surface area contributed by atoms with Crippen LogP contribution in [0.2, 0.25) is 0 Å². The van der Waals surface area contributed by atoms with Gasteiger partial charge in [0.05, 0.1) is 17.3 Å². The number of hydrogen-bond donors (Lipinski definition) is 1. The monoisotopic (exact) mass is 427 g/mol. The summed E-state index contributed by atoms with van der Waals surface area (Å²) < 4.78 is 14.2. The zero-order valence-corrected chi connectivity index (χ0v) is 17.8. The Labute approximate surface area is 186 Å². The zero-order chi connectivity index (χ0) is 22.7. The SMILES string of the molecule is CC(C)NC(=O)c1cc(C2=NOC(c3ccccc3F)C2)cc(-c2ccccc2C#N)c1. The molecule has 5 nitrogen and oxygen atoms in total. The van der Waals surface area contributed by atoms with Gasteiger partial charge >= 0.3 is 0 Å². The number of nitriles is 1. The molecule has 3 aromatic carbocycles. The van der Waals surface area contributed by atoms with Gasteiger partial charge in [0.1, 0.15) is 5.82 Å². The number of hydrogen-bond acceptors (Lipinski definition) is 4. The van der Waals surface area contributed by atoms with E-state index >= 15 is 0 Å². The van der Waals surface area contributed by atoms with Crippen molar-refractivity contribution in [3.63, 3.8) is 0 Å². The summed E-state index contributed by atoms with van der Waals surface area (Å²) in [7, 11) is 0. The van der Waals surface area contributed by atoms with Crippen molar-refractivity contribution in [2.24, 2.45) is 5.16 Å². The van der Waals surface area contributed by atoms with Crippen LogP contribution in [0, 0.1) is 17.1 Å². The standard InChI is InChI=1S/C26H22FN3O2/c1-16(2)29-26(31)20-12-18(21-8-4-3-7-17(21)15-28)11-19(13-20)24-14-25(32-30-24)22-9-5-6-10-23(22)27/h3-13,16,25H,14H2,1-2H3,(H,29,31). The first-order valence-corrected chi connectivity index (χ1v) is 10.4. The number of oxime groups is 1. The maximum atomic E-state index is 14.2. The van der Waals surface area contributed by atoms with Crippen molar-refractivity contribution in [1.29, 1.82) is 5.26 Å². The van der Waals surface area contributed by atoms with Crippen LogP contribution in [0.1, 0.15) is 53.4 Å². The van der Waals surface area contributed by atoms with Crippen LogP contribution >= 0.6 is 0 Å². The Balaban J connectivity index is 1.74. The molecule has 0 saturated carbocycles. The molecular weight excluding hydrogens is 405 g/mol. The van der Waals surface area contributed by atoms with Crippen LogP contribution in [-0.4, -0.2) is 17.7 Å². The summed E-state index contributed by atoms with van der Waals surface area (Å²) in [5.41, 5.74) is 4.17. The number of carbonyl (C=O) groups is 1. The second-order valence-electron chi connectivity index (χ2n) is 7.94. The Morgan fingerprint density at radius 1 is 1.12 bits per heavy atom. The Morgan fingerprint density at radius 2 is 1.84 bits per heavy atom. The molecule has 0 aliphatic carbocycles. The van der Waals surface area contributed by atoms with Crippen molar-refractivity contribution in [3.05, 3.63) is 94.8 Å². The average molecular weight is 427 g/mol. The largest absolute Gasteiger partial charge is 0.387 e. The van der Waals surface area contributed by atoms with E-state index in [1.165, 1.54) is 6.07 Å². The maximum Gasteiger partial charge on any atom is 0.251 e. The summed E-state index contributed by atoms with van der Waals surface area (Å²) in [5, 5.41) is 16.6. The Bertz CT molecular complexity index is 1240. The van der Waals surface area contributed by atoms with Crippen LogP contribution in [0.3, 0.4) is 0 Å². The normalized spacial score (nSPS) is 15.1. The summed E-state index contributed by atoms with van der Waals surface area (Å²) in [6.45, 7) is 3.78. The predicted octanol–water partition coefficient (Wildman–Crippen LogP) is 5.37. The Morgan fingerprint density at radius 3 is 2.59 bits per heavy atom. The van der Waals surface area contributed by atoms with Crippen LogP contribution in [0.5, 0.6) is 0 Å². The fourth-order valence-corrected chi connectivity index (χ4v) is 3.71. The van der Waals surface area contributed by atoms with Crippen molar-refractivity contribution in [2.45, 2.75) is 32.4 Å². The highest BCUT2D eigenvalue weighted by atomic mass is 19.1. The van der Waals surface area contributed by atoms with Gasteiger partial charge < -0.3 is 10.2 Å². The minimum Gasteiger partial charge on any atom is -0.387 e. The van der Waals surface area contributed by atoms with E-state index < -0.39 is 6.10 Å². The number of halogens is 1. The van der Waals surface area contributed by atoms with E-state index in [1.807, 2.05) is 32.0 Å². The zero-order valence-electron chi connectivity index (χ0n) is 17.8. The molecule has 4 rings (SSSR count). The van der Waals surface area contributed by atoms with E-state index in [-0.39, 0.29) is 17.8 Å². The fourth-order valence-electron chi connectivity index (χ4n) is 3.71. The molecule has 0 spiro atoms. The third kappa shape index (κ3) is 4.37. The summed E-state index contributed by atoms with van der Waals surface area (Å²) in [5.74, 6) is -0.564. The molecule has 1 heterocycles. The smallest absolute Gasteiger partial charge is 0.251 e. The highest BCUT2D eigenvalue weighted by Crippen LogP contribution is 2.33. The van der Waals surface area contributed by atoms with E-state index in [1.54, 1.807) is 42.5 Å². The molecular formula is C26H22FN3O2. The lowest BCUT2D eigenvalue weighted by atomic mass is 9.93. The van der Waals surface area contributed by atoms with Crippen LogP contribution < -0.4 is 5.32 Å². The third-order valence-corrected chi connectivity index (χ3v) is 5.23. The van der Waals surface area contributed by atoms with Gasteiger partial charge in [0, 0.05) is 29.2 Å². The number of rotatable bonds is 5. The highest BCUT2D eigenvalue weighted by molar-refractivity contribution is 6.05. The van der Waals surface area contributed by atoms with Crippen molar-refractivity contribution in [1.82, 2.24) is 5.32 Å². The highest BCUT2D eigenvalue weighted by Gasteiger charge is 2.27. The van der Waals surface area contributed by atoms with E-state index in [4.69, 9.17) is 4.84 Å². The molecule has 1 atom stereocenters. The molecule has 1 aliphatic rings. The number of carbonyl (C=O) groups excluding carboxylic acids is 1. The molecule has 6 heteroatoms. The second-order valence-corrected chi connectivity index (χ2v) is 7.94. The average Bonchev–Trinajstić information content (AvgIpc) is 3.28. The van der Waals surface area contributed by atoms with Crippen LogP contribution in [0.4, 0.5) is 4.39 Å². The number of amides is 1. The predicted molar refractivity (Wildman–Crippen MR) is 121 cm³/mol. The van der Waals surface area contributed by atoms with Gasteiger partial charge in [-0.2, -0.15) is 5.26 Å². The number of nitrogens with one attached hydrogen (secondary N) is 1. The Kier molecular flexibility index (Phi) is 6.00. The molecule has 32 heavy (non-hydrogen) atoms. The minimum atomic E-state index is -0.533. The molecule has 1 unspecified atom stereocenters. The van der Waals surface area contributed by atoms with Gasteiger partial charge in [0.25, 0.3) is 5.91 Å². The summed E-state index contributed by atoms with van der Waals surface area (Å²) in [4.78, 5) is 18.3. The van der Waals surface area contributed by atoms with Gasteiger partial charge in [0.2, 0.25) is 0 Å². The van der Waals surface area contributed by atoms with Gasteiger partial charge in [-0.1, -0.05) is 41.6 Å². The molecule has 160 valence electrons. The molecule has 0 radical (unpaired) electrons. The summed E-state index contributed by atoms with van der Waals surface area (Å²) >= 11 is 0. The second kappa shape index (κ2) is 9.03. The topological polar surface area (TPSA) is 74.5 Å². The molecule has 0 saturated heterocycles. The lowest BCUT2D eigenvalue weighted by molar-refractivity contribution is 0.0829. The van der Waals surface area contributed by atoms with Crippen molar-refractivity contribution < 1.29 is 14.0 Å². The first-order valence-electron chi connectivity index (χ1n) is 10.4. The van der Waals surface area contributed by atoms with Gasteiger partial charge in [-0.25, -0.2) is 4.39 Å². The van der Waals surface area contributed by atoms with Gasteiger partial charge in [0.15, 0.2) is 6.10 Å². The lowest BCUT2D eigenvalue weighted by Gasteiger charge is -2.13. The van der Waals surface area contributed by atoms with Crippen molar-refractivity contribution >= 4 is 11.6 Å². The first-order chi connectivity index (χ1) is 15.5. The van der Waals surface area contributed by atoms with E-state index in [2.05, 4.69) is 16.5 Å². The van der Waals surface area contributed by atoms with Crippen LogP contribution in [-0.2, 0) is 4.84 Å². The molecule has 0 bridgehead atoms. The Hall–Kier alpha value is -3.98. The summed E-state index contributed by atoms with van der Waals surface area (Å²) in [6, 6.07) is 21.3. The van der Waals surface area contributed by atoms with Crippen LogP contribution in [0.15, 0.2) is 71.9 Å². The van der Waals surface area contributed by atoms with Gasteiger partial charge in [-0.15, -0.1) is 0 Å². The lowest BCUT2D eigenvalue weighted by Crippen LogP contribution is -2.30. The van der Waals surface area contributed by atoms with E-state index in [0.29, 0.717) is 34.4 Å². The minimum absolute atomic E-state index is 0.0291. The third-order valence-electron chi connectivity index (χ3n) is 5.23. The molecule has 3 aromatic rings. The van der Waals surface area contributed by atoms with E-state index in [9.17, 15) is 14.4 Å². The molecule has 1 aliphatic heterocycles. The summed E-state index contributed by atoms with van der Waals surface area (Å²) in [6.07, 6.45) is -0.163. The fraction of sp³-hybridized carbons (Fsp3) is 0.192. The van der Waals surface area contributed by atoms with Gasteiger partial charge in [-0.05, 0) is 55.3 Å². The van der Waals surface area contributed by atoms with Gasteiger partial charge in [-0.3, -0.25) is 4.79 Å². The van der Waals surface area contributed by atoms with Crippen molar-refractivity contribution in [2.75, 3.05) is 0 Å². The van der Waals surface area contributed by atoms with Crippen molar-refractivity contribution in [3.8, 4) is 17.2 Å². The maximum absolute atomic E-state index is 14.2. The molecule has 1 amide bonds. The molecule has 0 fully saturated rings. The number of benzene rings is 3. The molecule has 0 aromatic heterocycles. The number of nitrogens with zero attached hydrogens (tertiary/aromatic N) is 2.